The maximum Gasteiger partial charge on any atom is 0.257 e. The van der Waals surface area contributed by atoms with Crippen LogP contribution >= 0.6 is 11.6 Å². The summed E-state index contributed by atoms with van der Waals surface area (Å²) < 4.78 is 7.54. The zero-order valence-electron chi connectivity index (χ0n) is 21.3. The van der Waals surface area contributed by atoms with Gasteiger partial charge in [-0.1, -0.05) is 44.0 Å². The Kier molecular flexibility index (Phi) is 11.1. The smallest absolute Gasteiger partial charge is 0.257 e. The number of aromatic nitrogens is 2. The third-order valence-electron chi connectivity index (χ3n) is 5.95. The molecule has 8 heteroatoms. The number of nitrogens with zero attached hydrogens (tertiary/aromatic N) is 3. The number of imidazole rings is 1. The molecule has 0 saturated carbocycles. The maximum absolute atomic E-state index is 13.0. The number of hydrogen-bond acceptors (Lipinski definition) is 4. The van der Waals surface area contributed by atoms with Gasteiger partial charge in [-0.15, -0.1) is 0 Å². The summed E-state index contributed by atoms with van der Waals surface area (Å²) in [4.78, 5) is 31.8. The lowest BCUT2D eigenvalue weighted by Crippen LogP contribution is -2.35. The molecule has 36 heavy (non-hydrogen) atoms. The van der Waals surface area contributed by atoms with E-state index in [0.717, 1.165) is 68.5 Å². The molecule has 0 aliphatic carbocycles. The van der Waals surface area contributed by atoms with Crippen molar-refractivity contribution in [3.8, 4) is 5.75 Å². The van der Waals surface area contributed by atoms with Crippen molar-refractivity contribution in [2.24, 2.45) is 0 Å². The Labute approximate surface area is 218 Å². The summed E-state index contributed by atoms with van der Waals surface area (Å²) in [7, 11) is 0. The van der Waals surface area contributed by atoms with Crippen LogP contribution in [0.5, 0.6) is 5.75 Å². The van der Waals surface area contributed by atoms with E-state index >= 15 is 0 Å². The van der Waals surface area contributed by atoms with Gasteiger partial charge in [0.1, 0.15) is 18.1 Å². The van der Waals surface area contributed by atoms with Gasteiger partial charge in [0.05, 0.1) is 11.0 Å². The molecule has 0 aliphatic heterocycles. The predicted octanol–water partition coefficient (Wildman–Crippen LogP) is 5.25. The fourth-order valence-corrected chi connectivity index (χ4v) is 4.30. The average molecular weight is 513 g/mol. The molecule has 0 spiro atoms. The first-order chi connectivity index (χ1) is 17.5. The number of nitrogens with one attached hydrogen (secondary N) is 1. The average Bonchev–Trinajstić information content (AvgIpc) is 3.22. The van der Waals surface area contributed by atoms with Crippen molar-refractivity contribution in [1.82, 2.24) is 19.8 Å². The van der Waals surface area contributed by atoms with Crippen molar-refractivity contribution in [2.45, 2.75) is 58.9 Å². The van der Waals surface area contributed by atoms with Crippen LogP contribution in [-0.4, -0.2) is 52.5 Å². The van der Waals surface area contributed by atoms with Gasteiger partial charge in [-0.25, -0.2) is 4.98 Å². The van der Waals surface area contributed by atoms with Crippen LogP contribution in [0.1, 0.15) is 51.8 Å². The topological polar surface area (TPSA) is 76.5 Å². The molecular weight excluding hydrogens is 476 g/mol. The van der Waals surface area contributed by atoms with Crippen molar-refractivity contribution in [2.75, 3.05) is 26.2 Å². The number of fused-ring (bicyclic) bond motifs is 1. The highest BCUT2D eigenvalue weighted by Crippen LogP contribution is 2.19. The largest absolute Gasteiger partial charge is 0.484 e. The van der Waals surface area contributed by atoms with E-state index in [1.807, 2.05) is 29.2 Å². The summed E-state index contributed by atoms with van der Waals surface area (Å²) in [5.41, 5.74) is 1.92. The molecule has 1 heterocycles. The number of rotatable bonds is 15. The lowest BCUT2D eigenvalue weighted by atomic mass is 10.2. The van der Waals surface area contributed by atoms with E-state index < -0.39 is 0 Å². The normalized spacial score (nSPS) is 11.0. The van der Waals surface area contributed by atoms with E-state index in [2.05, 4.69) is 23.7 Å². The van der Waals surface area contributed by atoms with Crippen molar-refractivity contribution in [1.29, 1.82) is 0 Å². The first-order valence-electron chi connectivity index (χ1n) is 12.9. The van der Waals surface area contributed by atoms with Gasteiger partial charge in [-0.05, 0) is 62.1 Å². The number of carbonyl (C=O) groups is 2. The number of para-hydroxylation sites is 2. The number of carbonyl (C=O) groups excluding carboxylic acids is 2. The Morgan fingerprint density at radius 1 is 1.00 bits per heavy atom. The summed E-state index contributed by atoms with van der Waals surface area (Å²) in [6.45, 7) is 6.66. The third-order valence-corrected chi connectivity index (χ3v) is 6.20. The third kappa shape index (κ3) is 8.26. The summed E-state index contributed by atoms with van der Waals surface area (Å²) in [5.74, 6) is 1.56. The molecule has 0 saturated heterocycles. The fourth-order valence-electron chi connectivity index (χ4n) is 4.17. The van der Waals surface area contributed by atoms with E-state index in [1.165, 1.54) is 0 Å². The molecule has 0 bridgehead atoms. The quantitative estimate of drug-likeness (QED) is 0.282. The van der Waals surface area contributed by atoms with Crippen molar-refractivity contribution in [3.05, 3.63) is 59.4 Å². The molecule has 0 unspecified atom stereocenters. The number of unbranched alkanes of at least 4 members (excludes halogenated alkanes) is 2. The van der Waals surface area contributed by atoms with Crippen LogP contribution in [0.4, 0.5) is 0 Å². The molecule has 2 aromatic carbocycles. The van der Waals surface area contributed by atoms with Gasteiger partial charge in [-0.2, -0.15) is 0 Å². The van der Waals surface area contributed by atoms with Crippen LogP contribution in [0, 0.1) is 0 Å². The van der Waals surface area contributed by atoms with E-state index in [9.17, 15) is 9.59 Å². The molecule has 0 aliphatic rings. The predicted molar refractivity (Wildman–Crippen MR) is 144 cm³/mol. The number of halogens is 1. The second-order valence-electron chi connectivity index (χ2n) is 8.89. The summed E-state index contributed by atoms with van der Waals surface area (Å²) in [6, 6.07) is 14.9. The van der Waals surface area contributed by atoms with Crippen LogP contribution in [-0.2, 0) is 22.6 Å². The molecule has 3 rings (SSSR count). The van der Waals surface area contributed by atoms with Crippen LogP contribution in [0.15, 0.2) is 48.5 Å². The molecule has 7 nitrogen and oxygen atoms in total. The molecule has 0 radical (unpaired) electrons. The Morgan fingerprint density at radius 2 is 1.72 bits per heavy atom. The van der Waals surface area contributed by atoms with Crippen molar-refractivity contribution in [3.63, 3.8) is 0 Å². The highest BCUT2D eigenvalue weighted by atomic mass is 35.5. The molecule has 1 aromatic heterocycles. The minimum absolute atomic E-state index is 0.0211. The van der Waals surface area contributed by atoms with E-state index in [0.29, 0.717) is 23.9 Å². The van der Waals surface area contributed by atoms with Crippen LogP contribution in [0.25, 0.3) is 11.0 Å². The van der Waals surface area contributed by atoms with Gasteiger partial charge in [0, 0.05) is 31.1 Å². The van der Waals surface area contributed by atoms with Gasteiger partial charge >= 0.3 is 0 Å². The van der Waals surface area contributed by atoms with Crippen LogP contribution < -0.4 is 10.1 Å². The number of hydrogen-bond donors (Lipinski definition) is 1. The highest BCUT2D eigenvalue weighted by Gasteiger charge is 2.17. The first-order valence-corrected chi connectivity index (χ1v) is 13.3. The summed E-state index contributed by atoms with van der Waals surface area (Å²) >= 11 is 5.85. The first kappa shape index (κ1) is 27.5. The number of ether oxygens (including phenoxy) is 1. The van der Waals surface area contributed by atoms with Gasteiger partial charge in [-0.3, -0.25) is 9.59 Å². The molecule has 194 valence electrons. The molecule has 1 N–H and O–H groups in total. The van der Waals surface area contributed by atoms with Crippen LogP contribution in [0.2, 0.25) is 5.02 Å². The molecule has 2 amide bonds. The van der Waals surface area contributed by atoms with Crippen molar-refractivity contribution < 1.29 is 14.3 Å². The molecule has 3 aromatic rings. The second kappa shape index (κ2) is 14.5. The minimum Gasteiger partial charge on any atom is -0.484 e. The highest BCUT2D eigenvalue weighted by molar-refractivity contribution is 6.30. The van der Waals surface area contributed by atoms with Crippen LogP contribution in [0.3, 0.4) is 0 Å². The van der Waals surface area contributed by atoms with Crippen molar-refractivity contribution >= 4 is 34.4 Å². The van der Waals surface area contributed by atoms with Gasteiger partial charge < -0.3 is 19.5 Å². The molecular formula is C28H37ClN4O3. The number of amides is 2. The Balaban J connectivity index is 1.46. The van der Waals surface area contributed by atoms with E-state index in [4.69, 9.17) is 21.3 Å². The fraction of sp³-hybridized carbons (Fsp3) is 0.464. The second-order valence-corrected chi connectivity index (χ2v) is 9.32. The number of benzene rings is 2. The Hall–Kier alpha value is -3.06. The summed E-state index contributed by atoms with van der Waals surface area (Å²) in [5, 5.41) is 3.53. The Morgan fingerprint density at radius 3 is 2.44 bits per heavy atom. The Bertz CT molecular complexity index is 1110. The van der Waals surface area contributed by atoms with Gasteiger partial charge in [0.15, 0.2) is 6.61 Å². The van der Waals surface area contributed by atoms with E-state index in [1.54, 1.807) is 24.3 Å². The minimum atomic E-state index is -0.144. The maximum atomic E-state index is 13.0. The van der Waals surface area contributed by atoms with Gasteiger partial charge in [0.25, 0.3) is 5.91 Å². The lowest BCUT2D eigenvalue weighted by Gasteiger charge is -2.22. The van der Waals surface area contributed by atoms with E-state index in [-0.39, 0.29) is 18.4 Å². The van der Waals surface area contributed by atoms with Gasteiger partial charge in [0.2, 0.25) is 5.91 Å². The molecule has 0 atom stereocenters. The monoisotopic (exact) mass is 512 g/mol. The SMILES string of the molecule is CCCN(CCC)C(=O)Cn1c(CCCCCNC(=O)COc2ccc(Cl)cc2)nc2ccccc21. The lowest BCUT2D eigenvalue weighted by molar-refractivity contribution is -0.132. The summed E-state index contributed by atoms with van der Waals surface area (Å²) in [6.07, 6.45) is 5.44. The standard InChI is InChI=1S/C28H37ClN4O3/c1-3-18-32(19-4-2)28(35)20-33-25-11-8-7-10-24(25)31-26(33)12-6-5-9-17-30-27(34)21-36-23-15-13-22(29)14-16-23/h7-8,10-11,13-16H,3-6,9,12,17-21H2,1-2H3,(H,30,34). The zero-order chi connectivity index (χ0) is 25.8. The zero-order valence-corrected chi connectivity index (χ0v) is 22.1. The molecule has 0 fully saturated rings. The number of aryl methyl sites for hydroxylation is 1.